The van der Waals surface area contributed by atoms with Crippen LogP contribution in [0.3, 0.4) is 0 Å². The molecular weight excluding hydrogens is 270 g/mol. The highest BCUT2D eigenvalue weighted by Crippen LogP contribution is 2.26. The normalized spacial score (nSPS) is 14.6. The van der Waals surface area contributed by atoms with Gasteiger partial charge in [0.05, 0.1) is 5.75 Å². The fourth-order valence-electron chi connectivity index (χ4n) is 1.82. The molecule has 0 aliphatic carbocycles. The van der Waals surface area contributed by atoms with Crippen LogP contribution in [0.1, 0.15) is 60.2 Å². The number of nitrogens with zero attached hydrogens (tertiary/aromatic N) is 2. The van der Waals surface area contributed by atoms with E-state index in [0.717, 1.165) is 30.4 Å². The topological polar surface area (TPSA) is 51.0 Å². The first kappa shape index (κ1) is 17.5. The Morgan fingerprint density at radius 2 is 1.85 bits per heavy atom. The minimum Gasteiger partial charge on any atom is -0.339 e. The zero-order chi connectivity index (χ0) is 15.4. The molecule has 1 aromatic heterocycles. The predicted octanol–water partition coefficient (Wildman–Crippen LogP) is 3.67. The van der Waals surface area contributed by atoms with Gasteiger partial charge in [-0.3, -0.25) is 0 Å². The summed E-state index contributed by atoms with van der Waals surface area (Å²) in [6.45, 7) is 16.3. The largest absolute Gasteiger partial charge is 0.339 e. The molecule has 0 radical (unpaired) electrons. The van der Waals surface area contributed by atoms with Crippen LogP contribution in [0.4, 0.5) is 0 Å². The zero-order valence-corrected chi connectivity index (χ0v) is 14.7. The lowest BCUT2D eigenvalue weighted by Crippen LogP contribution is -2.41. The van der Waals surface area contributed by atoms with E-state index in [4.69, 9.17) is 4.52 Å². The Bertz CT molecular complexity index is 404. The van der Waals surface area contributed by atoms with E-state index >= 15 is 0 Å². The lowest BCUT2D eigenvalue weighted by molar-refractivity contribution is 0.247. The first-order chi connectivity index (χ1) is 9.12. The van der Waals surface area contributed by atoms with Gasteiger partial charge in [-0.2, -0.15) is 4.98 Å². The summed E-state index contributed by atoms with van der Waals surface area (Å²) in [5, 5.41) is 7.58. The fourth-order valence-corrected chi connectivity index (χ4v) is 2.50. The van der Waals surface area contributed by atoms with Crippen LogP contribution in [0.2, 0.25) is 0 Å². The molecule has 1 atom stereocenters. The predicted molar refractivity (Wildman–Crippen MR) is 86.0 cm³/mol. The van der Waals surface area contributed by atoms with Crippen molar-refractivity contribution >= 4 is 11.8 Å². The molecule has 4 nitrogen and oxygen atoms in total. The van der Waals surface area contributed by atoms with Gasteiger partial charge in [-0.1, -0.05) is 53.6 Å². The molecular formula is C15H29N3OS. The highest BCUT2D eigenvalue weighted by atomic mass is 32.2. The van der Waals surface area contributed by atoms with Gasteiger partial charge in [0, 0.05) is 17.2 Å². The zero-order valence-electron chi connectivity index (χ0n) is 13.9. The monoisotopic (exact) mass is 299 g/mol. The summed E-state index contributed by atoms with van der Waals surface area (Å²) < 4.78 is 5.61. The van der Waals surface area contributed by atoms with Crippen LogP contribution in [0.5, 0.6) is 0 Å². The van der Waals surface area contributed by atoms with E-state index in [1.54, 1.807) is 0 Å². The van der Waals surface area contributed by atoms with Gasteiger partial charge >= 0.3 is 0 Å². The number of thioether (sulfide) groups is 1. The molecule has 0 aromatic carbocycles. The van der Waals surface area contributed by atoms with E-state index in [9.17, 15) is 0 Å². The lowest BCUT2D eigenvalue weighted by atomic mass is 9.84. The third-order valence-electron chi connectivity index (χ3n) is 3.02. The van der Waals surface area contributed by atoms with E-state index in [2.05, 4.69) is 63.9 Å². The smallest absolute Gasteiger partial charge is 0.228 e. The fraction of sp³-hybridized carbons (Fsp3) is 0.867. The third-order valence-corrected chi connectivity index (χ3v) is 4.29. The van der Waals surface area contributed by atoms with Crippen LogP contribution in [0, 0.1) is 5.41 Å². The van der Waals surface area contributed by atoms with Crippen molar-refractivity contribution in [2.75, 3.05) is 6.54 Å². The molecule has 0 fully saturated rings. The molecule has 116 valence electrons. The number of rotatable bonds is 6. The van der Waals surface area contributed by atoms with E-state index in [-0.39, 0.29) is 10.2 Å². The van der Waals surface area contributed by atoms with Crippen LogP contribution in [-0.2, 0) is 12.2 Å². The Kier molecular flexibility index (Phi) is 6.07. The Hall–Kier alpha value is -0.550. The maximum atomic E-state index is 5.39. The summed E-state index contributed by atoms with van der Waals surface area (Å²) >= 11 is 1.83. The number of hydrogen-bond donors (Lipinski definition) is 1. The van der Waals surface area contributed by atoms with Gasteiger partial charge in [-0.05, 0) is 12.0 Å². The van der Waals surface area contributed by atoms with Gasteiger partial charge in [-0.15, -0.1) is 11.8 Å². The Morgan fingerprint density at radius 3 is 2.35 bits per heavy atom. The molecule has 1 aromatic rings. The average molecular weight is 299 g/mol. The molecule has 0 spiro atoms. The van der Waals surface area contributed by atoms with Crippen LogP contribution >= 0.6 is 11.8 Å². The SMILES string of the molecule is CCNC(Cc1nc(CSC(C)(C)C)no1)C(C)(C)C. The van der Waals surface area contributed by atoms with Crippen LogP contribution < -0.4 is 5.32 Å². The van der Waals surface area contributed by atoms with Crippen molar-refractivity contribution in [3.63, 3.8) is 0 Å². The molecule has 0 bridgehead atoms. The minimum atomic E-state index is 0.171. The molecule has 5 heteroatoms. The summed E-state index contributed by atoms with van der Waals surface area (Å²) in [5.41, 5.74) is 0.171. The maximum absolute atomic E-state index is 5.39. The van der Waals surface area contributed by atoms with Crippen molar-refractivity contribution in [3.05, 3.63) is 11.7 Å². The second-order valence-electron chi connectivity index (χ2n) is 7.19. The average Bonchev–Trinajstić information content (AvgIpc) is 2.71. The second kappa shape index (κ2) is 6.94. The summed E-state index contributed by atoms with van der Waals surface area (Å²) in [6.07, 6.45) is 0.782. The molecule has 1 unspecified atom stereocenters. The Balaban J connectivity index is 2.62. The van der Waals surface area contributed by atoms with Crippen molar-refractivity contribution in [3.8, 4) is 0 Å². The Labute approximate surface area is 127 Å². The summed E-state index contributed by atoms with van der Waals surface area (Å²) in [7, 11) is 0. The van der Waals surface area contributed by atoms with Gasteiger partial charge in [0.1, 0.15) is 0 Å². The molecule has 0 amide bonds. The maximum Gasteiger partial charge on any atom is 0.228 e. The molecule has 0 saturated heterocycles. The van der Waals surface area contributed by atoms with Crippen LogP contribution in [0.15, 0.2) is 4.52 Å². The summed E-state index contributed by atoms with van der Waals surface area (Å²) in [5.74, 6) is 2.33. The first-order valence-electron chi connectivity index (χ1n) is 7.30. The van der Waals surface area contributed by atoms with Crippen molar-refractivity contribution in [2.45, 2.75) is 71.4 Å². The molecule has 0 aliphatic rings. The van der Waals surface area contributed by atoms with Gasteiger partial charge in [-0.25, -0.2) is 0 Å². The van der Waals surface area contributed by atoms with E-state index in [0.29, 0.717) is 6.04 Å². The molecule has 20 heavy (non-hydrogen) atoms. The van der Waals surface area contributed by atoms with Gasteiger partial charge in [0.2, 0.25) is 5.89 Å². The van der Waals surface area contributed by atoms with Crippen LogP contribution in [0.25, 0.3) is 0 Å². The molecule has 0 aliphatic heterocycles. The van der Waals surface area contributed by atoms with Gasteiger partial charge < -0.3 is 9.84 Å². The molecule has 1 N–H and O–H groups in total. The Morgan fingerprint density at radius 1 is 1.20 bits per heavy atom. The summed E-state index contributed by atoms with van der Waals surface area (Å²) in [4.78, 5) is 4.51. The van der Waals surface area contributed by atoms with Crippen molar-refractivity contribution in [2.24, 2.45) is 5.41 Å². The number of hydrogen-bond acceptors (Lipinski definition) is 5. The van der Waals surface area contributed by atoms with E-state index in [1.807, 2.05) is 11.8 Å². The quantitative estimate of drug-likeness (QED) is 0.868. The van der Waals surface area contributed by atoms with Gasteiger partial charge in [0.15, 0.2) is 5.82 Å². The number of nitrogens with one attached hydrogen (secondary N) is 1. The second-order valence-corrected chi connectivity index (χ2v) is 8.99. The lowest BCUT2D eigenvalue weighted by Gasteiger charge is -2.30. The van der Waals surface area contributed by atoms with Crippen LogP contribution in [-0.4, -0.2) is 27.5 Å². The van der Waals surface area contributed by atoms with Crippen molar-refractivity contribution in [1.82, 2.24) is 15.5 Å². The minimum absolute atomic E-state index is 0.171. The highest BCUT2D eigenvalue weighted by molar-refractivity contribution is 7.99. The molecule has 1 heterocycles. The van der Waals surface area contributed by atoms with E-state index < -0.39 is 0 Å². The van der Waals surface area contributed by atoms with Crippen molar-refractivity contribution in [1.29, 1.82) is 0 Å². The number of likely N-dealkylation sites (N-methyl/N-ethyl adjacent to an activating group) is 1. The number of aromatic nitrogens is 2. The third kappa shape index (κ3) is 6.27. The van der Waals surface area contributed by atoms with Crippen molar-refractivity contribution < 1.29 is 4.52 Å². The molecule has 1 rings (SSSR count). The van der Waals surface area contributed by atoms with E-state index in [1.165, 1.54) is 0 Å². The standard InChI is InChI=1S/C15H29N3OS/c1-8-16-11(14(2,3)4)9-13-17-12(18-19-13)10-20-15(5,6)7/h11,16H,8-10H2,1-7H3. The molecule has 0 saturated carbocycles. The first-order valence-corrected chi connectivity index (χ1v) is 8.29. The van der Waals surface area contributed by atoms with Gasteiger partial charge in [0.25, 0.3) is 0 Å². The summed E-state index contributed by atoms with van der Waals surface area (Å²) in [6, 6.07) is 0.344. The highest BCUT2D eigenvalue weighted by Gasteiger charge is 2.26.